The Kier molecular flexibility index (Phi) is 10.3. The molecule has 2 aromatic rings. The van der Waals surface area contributed by atoms with Crippen molar-refractivity contribution in [3.05, 3.63) is 47.2 Å². The molecule has 10 nitrogen and oxygen atoms in total. The molecule has 2 rings (SSSR count). The van der Waals surface area contributed by atoms with Crippen LogP contribution in [0.5, 0.6) is 0 Å². The minimum Gasteiger partial charge on any atom is -0.465 e. The number of benzene rings is 1. The van der Waals surface area contributed by atoms with Crippen LogP contribution in [0.2, 0.25) is 0 Å². The van der Waals surface area contributed by atoms with Crippen LogP contribution >= 0.6 is 0 Å². The van der Waals surface area contributed by atoms with Crippen molar-refractivity contribution in [1.29, 1.82) is 0 Å². The Morgan fingerprint density at radius 2 is 1.91 bits per heavy atom. The summed E-state index contributed by atoms with van der Waals surface area (Å²) in [5, 5.41) is 14.7. The molecule has 0 unspecified atom stereocenters. The smallest absolute Gasteiger partial charge is 0.343 e. The van der Waals surface area contributed by atoms with Crippen molar-refractivity contribution in [2.75, 3.05) is 20.3 Å². The van der Waals surface area contributed by atoms with Crippen molar-refractivity contribution in [3.63, 3.8) is 0 Å². The van der Waals surface area contributed by atoms with Crippen LogP contribution in [0.3, 0.4) is 0 Å². The number of carbonyl (C=O) groups is 4. The number of hydrogen-bond acceptors (Lipinski definition) is 7. The maximum absolute atomic E-state index is 14.7. The molecule has 190 valence electrons. The predicted octanol–water partition coefficient (Wildman–Crippen LogP) is 2.86. The number of ether oxygens (including phenoxy) is 1. The van der Waals surface area contributed by atoms with Gasteiger partial charge in [0, 0.05) is 0 Å². The van der Waals surface area contributed by atoms with E-state index in [-0.39, 0.29) is 36.7 Å². The summed E-state index contributed by atoms with van der Waals surface area (Å²) >= 11 is 0. The van der Waals surface area contributed by atoms with Gasteiger partial charge in [0.25, 0.3) is 5.91 Å². The number of rotatable bonds is 13. The van der Waals surface area contributed by atoms with Gasteiger partial charge < -0.3 is 19.8 Å². The lowest BCUT2D eigenvalue weighted by atomic mass is 10.0. The van der Waals surface area contributed by atoms with Gasteiger partial charge in [0.15, 0.2) is 11.6 Å². The summed E-state index contributed by atoms with van der Waals surface area (Å²) in [6.07, 6.45) is 3.17. The van der Waals surface area contributed by atoms with Crippen molar-refractivity contribution in [2.45, 2.75) is 32.6 Å². The summed E-state index contributed by atoms with van der Waals surface area (Å²) in [5.41, 5.74) is -1.14. The van der Waals surface area contributed by atoms with Crippen LogP contribution in [-0.2, 0) is 14.3 Å². The third kappa shape index (κ3) is 7.34. The number of methoxy groups -OCH3 is 1. The molecule has 3 amide bonds. The first-order valence-electron chi connectivity index (χ1n) is 10.9. The van der Waals surface area contributed by atoms with Crippen LogP contribution in [-0.4, -0.2) is 54.8 Å². The van der Waals surface area contributed by atoms with Crippen molar-refractivity contribution < 1.29 is 42.3 Å². The van der Waals surface area contributed by atoms with Gasteiger partial charge in [-0.1, -0.05) is 26.2 Å². The lowest BCUT2D eigenvalue weighted by Crippen LogP contribution is -2.42. The summed E-state index contributed by atoms with van der Waals surface area (Å²) < 4.78 is 38.2. The average molecular weight is 495 g/mol. The van der Waals surface area contributed by atoms with E-state index in [4.69, 9.17) is 4.42 Å². The molecule has 1 heterocycles. The molecule has 0 aliphatic carbocycles. The Morgan fingerprint density at radius 3 is 2.57 bits per heavy atom. The second-order valence-electron chi connectivity index (χ2n) is 7.58. The van der Waals surface area contributed by atoms with Gasteiger partial charge in [0.1, 0.15) is 17.1 Å². The van der Waals surface area contributed by atoms with E-state index in [0.717, 1.165) is 38.5 Å². The lowest BCUT2D eigenvalue weighted by Gasteiger charge is -2.19. The second-order valence-corrected chi connectivity index (χ2v) is 7.58. The van der Waals surface area contributed by atoms with Gasteiger partial charge in [-0.15, -0.1) is 0 Å². The number of amides is 3. The van der Waals surface area contributed by atoms with E-state index >= 15 is 0 Å². The third-order valence-corrected chi connectivity index (χ3v) is 5.14. The Morgan fingerprint density at radius 1 is 1.17 bits per heavy atom. The van der Waals surface area contributed by atoms with E-state index in [2.05, 4.69) is 15.4 Å². The van der Waals surface area contributed by atoms with E-state index in [9.17, 15) is 33.2 Å². The standard InChI is InChI=1S/C23H27F2N3O7/c1-3-4-5-6-14(11-28(33)13-29)21(30)26-12-27-22(31)18-10-9-17(35-18)15-7-8-16(24)19(20(15)25)23(32)34-2/h7-10,13-14,33H,3-6,11-12H2,1-2H3,(H,26,30)(H,27,31)/t14-/m1/s1. The highest BCUT2D eigenvalue weighted by Crippen LogP contribution is 2.28. The molecule has 0 radical (unpaired) electrons. The number of unbranched alkanes of at least 4 members (excludes halogenated alkanes) is 2. The summed E-state index contributed by atoms with van der Waals surface area (Å²) in [5.74, 6) is -5.73. The first-order chi connectivity index (χ1) is 16.7. The molecule has 0 bridgehead atoms. The normalized spacial score (nSPS) is 11.5. The van der Waals surface area contributed by atoms with Gasteiger partial charge in [-0.05, 0) is 30.7 Å². The first-order valence-corrected chi connectivity index (χ1v) is 10.9. The fourth-order valence-electron chi connectivity index (χ4n) is 3.29. The zero-order valence-corrected chi connectivity index (χ0v) is 19.3. The van der Waals surface area contributed by atoms with E-state index in [1.165, 1.54) is 12.1 Å². The maximum Gasteiger partial charge on any atom is 0.343 e. The monoisotopic (exact) mass is 495 g/mol. The van der Waals surface area contributed by atoms with Crippen molar-refractivity contribution in [2.24, 2.45) is 5.92 Å². The fraction of sp³-hybridized carbons (Fsp3) is 0.391. The zero-order chi connectivity index (χ0) is 26.0. The molecule has 0 aliphatic rings. The minimum absolute atomic E-state index is 0.130. The van der Waals surface area contributed by atoms with E-state index in [1.54, 1.807) is 0 Å². The first kappa shape index (κ1) is 27.4. The van der Waals surface area contributed by atoms with Gasteiger partial charge in [-0.25, -0.2) is 18.6 Å². The average Bonchev–Trinajstić information content (AvgIpc) is 3.33. The summed E-state index contributed by atoms with van der Waals surface area (Å²) in [4.78, 5) is 47.1. The Labute approximate surface area is 200 Å². The predicted molar refractivity (Wildman–Crippen MR) is 118 cm³/mol. The molecule has 0 spiro atoms. The minimum atomic E-state index is -1.20. The second kappa shape index (κ2) is 13.2. The number of carbonyl (C=O) groups excluding carboxylic acids is 4. The molecule has 3 N–H and O–H groups in total. The Hall–Kier alpha value is -3.80. The number of halogens is 2. The number of esters is 1. The highest BCUT2D eigenvalue weighted by molar-refractivity contribution is 5.93. The van der Waals surface area contributed by atoms with Crippen LogP contribution in [0.15, 0.2) is 28.7 Å². The molecule has 0 saturated carbocycles. The Balaban J connectivity index is 2.02. The number of nitrogens with zero attached hydrogens (tertiary/aromatic N) is 1. The van der Waals surface area contributed by atoms with Crippen molar-refractivity contribution in [1.82, 2.24) is 15.7 Å². The van der Waals surface area contributed by atoms with Gasteiger partial charge in [0.05, 0.1) is 31.8 Å². The van der Waals surface area contributed by atoms with Crippen LogP contribution < -0.4 is 10.6 Å². The van der Waals surface area contributed by atoms with Crippen LogP contribution in [0.4, 0.5) is 8.78 Å². The van der Waals surface area contributed by atoms with Gasteiger partial charge in [-0.2, -0.15) is 0 Å². The molecule has 0 saturated heterocycles. The molecule has 1 atom stereocenters. The third-order valence-electron chi connectivity index (χ3n) is 5.14. The molecular weight excluding hydrogens is 468 g/mol. The van der Waals surface area contributed by atoms with E-state index in [0.29, 0.717) is 11.5 Å². The van der Waals surface area contributed by atoms with Crippen molar-refractivity contribution in [3.8, 4) is 11.3 Å². The molecule has 1 aromatic heterocycles. The molecule has 1 aromatic carbocycles. The fourth-order valence-corrected chi connectivity index (χ4v) is 3.29. The highest BCUT2D eigenvalue weighted by Gasteiger charge is 2.24. The highest BCUT2D eigenvalue weighted by atomic mass is 19.1. The lowest BCUT2D eigenvalue weighted by molar-refractivity contribution is -0.154. The zero-order valence-electron chi connectivity index (χ0n) is 19.3. The van der Waals surface area contributed by atoms with Gasteiger partial charge in [-0.3, -0.25) is 19.6 Å². The topological polar surface area (TPSA) is 138 Å². The quantitative estimate of drug-likeness (QED) is 0.0970. The van der Waals surface area contributed by atoms with Crippen LogP contribution in [0.1, 0.15) is 53.5 Å². The van der Waals surface area contributed by atoms with Crippen molar-refractivity contribution >= 4 is 24.2 Å². The number of hydrogen-bond donors (Lipinski definition) is 3. The molecule has 35 heavy (non-hydrogen) atoms. The summed E-state index contributed by atoms with van der Waals surface area (Å²) in [6.45, 7) is 1.53. The number of nitrogens with one attached hydrogen (secondary N) is 2. The van der Waals surface area contributed by atoms with Gasteiger partial charge in [0.2, 0.25) is 12.3 Å². The summed E-state index contributed by atoms with van der Waals surface area (Å²) in [7, 11) is 0.984. The number of furan rings is 1. The molecular formula is C23H27F2N3O7. The van der Waals surface area contributed by atoms with E-state index in [1.807, 2.05) is 6.92 Å². The molecule has 0 fully saturated rings. The molecule has 0 aliphatic heterocycles. The molecule has 12 heteroatoms. The maximum atomic E-state index is 14.7. The largest absolute Gasteiger partial charge is 0.465 e. The number of hydroxylamine groups is 2. The van der Waals surface area contributed by atoms with Crippen LogP contribution in [0, 0.1) is 17.6 Å². The van der Waals surface area contributed by atoms with E-state index < -0.39 is 40.9 Å². The van der Waals surface area contributed by atoms with Gasteiger partial charge >= 0.3 is 5.97 Å². The Bertz CT molecular complexity index is 1060. The summed E-state index contributed by atoms with van der Waals surface area (Å²) in [6, 6.07) is 4.44. The SMILES string of the molecule is CCCCC[C@H](CN(O)C=O)C(=O)NCNC(=O)c1ccc(-c2ccc(F)c(C(=O)OC)c2F)o1. The van der Waals surface area contributed by atoms with Crippen LogP contribution in [0.25, 0.3) is 11.3 Å².